The second-order valence-electron chi connectivity index (χ2n) is 10.9. The fourth-order valence-corrected chi connectivity index (χ4v) is 6.72. The van der Waals surface area contributed by atoms with Gasteiger partial charge in [-0.1, -0.05) is 121 Å². The molecule has 2 nitrogen and oxygen atoms in total. The Bertz CT molecular complexity index is 2460. The molecule has 196 valence electrons. The van der Waals surface area contributed by atoms with Gasteiger partial charge in [-0.05, 0) is 58.0 Å². The Labute approximate surface area is 242 Å². The van der Waals surface area contributed by atoms with Crippen LogP contribution in [-0.4, -0.2) is 4.57 Å². The van der Waals surface area contributed by atoms with Gasteiger partial charge in [0.1, 0.15) is 11.2 Å². The summed E-state index contributed by atoms with van der Waals surface area (Å²) in [4.78, 5) is 0. The molecule has 0 aliphatic rings. The van der Waals surface area contributed by atoms with Crippen LogP contribution in [0.15, 0.2) is 156 Å². The number of nitrogens with zero attached hydrogens (tertiary/aromatic N) is 1. The van der Waals surface area contributed by atoms with Gasteiger partial charge < -0.3 is 8.98 Å². The lowest BCUT2D eigenvalue weighted by Gasteiger charge is -2.13. The van der Waals surface area contributed by atoms with Crippen LogP contribution < -0.4 is 0 Å². The molecule has 2 heterocycles. The summed E-state index contributed by atoms with van der Waals surface area (Å²) in [6.07, 6.45) is 0. The van der Waals surface area contributed by atoms with Crippen LogP contribution in [0, 0.1) is 0 Å². The third-order valence-corrected chi connectivity index (χ3v) is 8.56. The monoisotopic (exact) mass is 535 g/mol. The minimum Gasteiger partial charge on any atom is -0.455 e. The average Bonchev–Trinajstić information content (AvgIpc) is 3.62. The van der Waals surface area contributed by atoms with Crippen LogP contribution in [0.3, 0.4) is 0 Å². The Balaban J connectivity index is 1.36. The molecule has 0 aliphatic carbocycles. The van der Waals surface area contributed by atoms with E-state index in [0.717, 1.165) is 27.6 Å². The predicted octanol–water partition coefficient (Wildman–Crippen LogP) is 11.2. The van der Waals surface area contributed by atoms with Gasteiger partial charge in [-0.15, -0.1) is 0 Å². The van der Waals surface area contributed by atoms with Crippen molar-refractivity contribution in [1.29, 1.82) is 0 Å². The van der Waals surface area contributed by atoms with Crippen LogP contribution in [0.4, 0.5) is 0 Å². The third-order valence-electron chi connectivity index (χ3n) is 8.56. The molecule has 0 saturated carbocycles. The minimum absolute atomic E-state index is 0.919. The van der Waals surface area contributed by atoms with E-state index in [1.165, 1.54) is 54.8 Å². The van der Waals surface area contributed by atoms with Gasteiger partial charge in [-0.3, -0.25) is 0 Å². The number of para-hydroxylation sites is 2. The second kappa shape index (κ2) is 8.95. The Kier molecular flexibility index (Phi) is 4.93. The van der Waals surface area contributed by atoms with E-state index in [2.05, 4.69) is 150 Å². The fourth-order valence-electron chi connectivity index (χ4n) is 6.72. The van der Waals surface area contributed by atoms with E-state index in [0.29, 0.717) is 0 Å². The zero-order valence-electron chi connectivity index (χ0n) is 22.8. The van der Waals surface area contributed by atoms with Gasteiger partial charge in [-0.25, -0.2) is 0 Å². The van der Waals surface area contributed by atoms with Crippen LogP contribution in [0.5, 0.6) is 0 Å². The molecule has 0 N–H and O–H groups in total. The van der Waals surface area contributed by atoms with E-state index in [4.69, 9.17) is 4.42 Å². The summed E-state index contributed by atoms with van der Waals surface area (Å²) >= 11 is 0. The fraction of sp³-hybridized carbons (Fsp3) is 0. The highest BCUT2D eigenvalue weighted by Crippen LogP contribution is 2.45. The van der Waals surface area contributed by atoms with Crippen molar-refractivity contribution in [3.63, 3.8) is 0 Å². The van der Waals surface area contributed by atoms with E-state index in [-0.39, 0.29) is 0 Å². The minimum atomic E-state index is 0.919. The van der Waals surface area contributed by atoms with Gasteiger partial charge >= 0.3 is 0 Å². The summed E-state index contributed by atoms with van der Waals surface area (Å²) in [7, 11) is 0. The molecular weight excluding hydrogens is 510 g/mol. The largest absolute Gasteiger partial charge is 0.455 e. The summed E-state index contributed by atoms with van der Waals surface area (Å²) in [5.74, 6) is 0. The van der Waals surface area contributed by atoms with E-state index >= 15 is 0 Å². The van der Waals surface area contributed by atoms with Crippen molar-refractivity contribution < 1.29 is 4.42 Å². The van der Waals surface area contributed by atoms with E-state index in [1.807, 2.05) is 6.07 Å². The molecule has 0 radical (unpaired) electrons. The maximum absolute atomic E-state index is 6.67. The molecule has 0 spiro atoms. The number of aromatic nitrogens is 1. The summed E-state index contributed by atoms with van der Waals surface area (Å²) in [6, 6.07) is 54.1. The molecule has 0 aliphatic heterocycles. The SMILES string of the molecule is c1ccc(-c2cccc(-c3cccc(-n4c5ccccc5c5c6oc7ccccc7c6c6ccccc6c54)c3)c2)cc1. The normalized spacial score (nSPS) is 11.8. The molecule has 0 unspecified atom stereocenters. The second-order valence-corrected chi connectivity index (χ2v) is 10.9. The lowest BCUT2D eigenvalue weighted by atomic mass is 9.98. The van der Waals surface area contributed by atoms with Crippen LogP contribution >= 0.6 is 0 Å². The van der Waals surface area contributed by atoms with Crippen LogP contribution in [0.1, 0.15) is 0 Å². The smallest absolute Gasteiger partial charge is 0.146 e. The van der Waals surface area contributed by atoms with Crippen molar-refractivity contribution in [2.75, 3.05) is 0 Å². The molecule has 0 saturated heterocycles. The maximum atomic E-state index is 6.67. The first-order chi connectivity index (χ1) is 20.8. The average molecular weight is 536 g/mol. The van der Waals surface area contributed by atoms with Gasteiger partial charge in [0.05, 0.1) is 16.4 Å². The molecule has 42 heavy (non-hydrogen) atoms. The molecule has 9 rings (SSSR count). The molecule has 7 aromatic carbocycles. The lowest BCUT2D eigenvalue weighted by molar-refractivity contribution is 0.673. The van der Waals surface area contributed by atoms with Crippen molar-refractivity contribution in [1.82, 2.24) is 4.57 Å². The molecule has 9 aromatic rings. The van der Waals surface area contributed by atoms with Crippen molar-refractivity contribution in [2.24, 2.45) is 0 Å². The lowest BCUT2D eigenvalue weighted by Crippen LogP contribution is -1.95. The van der Waals surface area contributed by atoms with Crippen LogP contribution in [-0.2, 0) is 0 Å². The topological polar surface area (TPSA) is 18.1 Å². The predicted molar refractivity (Wildman–Crippen MR) is 176 cm³/mol. The zero-order valence-corrected chi connectivity index (χ0v) is 22.8. The molecule has 0 atom stereocenters. The molecule has 0 amide bonds. The van der Waals surface area contributed by atoms with Gasteiger partial charge in [-0.2, -0.15) is 0 Å². The Hall–Kier alpha value is -5.60. The number of hydrogen-bond donors (Lipinski definition) is 0. The standard InChI is InChI=1S/C40H25NO/c1-2-12-26(13-3-1)27-14-10-15-28(24-27)29-16-11-17-30(25-29)41-35-22-8-6-20-33(35)38-39(41)32-19-5-4-18-31(32)37-34-21-7-9-23-36(34)42-40(37)38/h1-25H. The highest BCUT2D eigenvalue weighted by atomic mass is 16.3. The molecule has 2 heteroatoms. The van der Waals surface area contributed by atoms with E-state index in [9.17, 15) is 0 Å². The molecule has 0 fully saturated rings. The third kappa shape index (κ3) is 3.33. The summed E-state index contributed by atoms with van der Waals surface area (Å²) in [5.41, 5.74) is 10.2. The number of benzene rings is 7. The Morgan fingerprint density at radius 3 is 1.83 bits per heavy atom. The summed E-state index contributed by atoms with van der Waals surface area (Å²) in [6.45, 7) is 0. The first-order valence-corrected chi connectivity index (χ1v) is 14.4. The number of hydrogen-bond acceptors (Lipinski definition) is 1. The van der Waals surface area contributed by atoms with Gasteiger partial charge in [0.25, 0.3) is 0 Å². The highest BCUT2D eigenvalue weighted by molar-refractivity contribution is 6.35. The van der Waals surface area contributed by atoms with Gasteiger partial charge in [0.2, 0.25) is 0 Å². The molecule has 2 aromatic heterocycles. The maximum Gasteiger partial charge on any atom is 0.146 e. The molecule has 0 bridgehead atoms. The number of rotatable bonds is 3. The number of fused-ring (bicyclic) bond motifs is 10. The van der Waals surface area contributed by atoms with Crippen molar-refractivity contribution >= 4 is 54.5 Å². The van der Waals surface area contributed by atoms with Crippen LogP contribution in [0.2, 0.25) is 0 Å². The Morgan fingerprint density at radius 2 is 1.00 bits per heavy atom. The quantitative estimate of drug-likeness (QED) is 0.220. The molecular formula is C40H25NO. The van der Waals surface area contributed by atoms with Crippen molar-refractivity contribution in [3.05, 3.63) is 152 Å². The Morgan fingerprint density at radius 1 is 0.405 bits per heavy atom. The van der Waals surface area contributed by atoms with Crippen LogP contribution in [0.25, 0.3) is 82.5 Å². The highest BCUT2D eigenvalue weighted by Gasteiger charge is 2.22. The van der Waals surface area contributed by atoms with Crippen molar-refractivity contribution in [3.8, 4) is 27.9 Å². The van der Waals surface area contributed by atoms with Crippen molar-refractivity contribution in [2.45, 2.75) is 0 Å². The first kappa shape index (κ1) is 23.1. The van der Waals surface area contributed by atoms with Gasteiger partial charge in [0.15, 0.2) is 0 Å². The van der Waals surface area contributed by atoms with E-state index in [1.54, 1.807) is 0 Å². The summed E-state index contributed by atoms with van der Waals surface area (Å²) < 4.78 is 9.09. The van der Waals surface area contributed by atoms with E-state index < -0.39 is 0 Å². The number of furan rings is 1. The summed E-state index contributed by atoms with van der Waals surface area (Å²) in [5, 5.41) is 7.12. The van der Waals surface area contributed by atoms with Gasteiger partial charge in [0, 0.05) is 27.2 Å². The zero-order chi connectivity index (χ0) is 27.6. The first-order valence-electron chi connectivity index (χ1n) is 14.4.